The van der Waals surface area contributed by atoms with Crippen molar-refractivity contribution >= 4 is 28.9 Å². The zero-order valence-corrected chi connectivity index (χ0v) is 27.9. The lowest BCUT2D eigenvalue weighted by atomic mass is 9.84. The number of hydrogen-bond donors (Lipinski definition) is 1. The fourth-order valence-electron chi connectivity index (χ4n) is 6.69. The molecule has 3 fully saturated rings. The van der Waals surface area contributed by atoms with Gasteiger partial charge in [0.05, 0.1) is 49.2 Å². The van der Waals surface area contributed by atoms with Crippen molar-refractivity contribution in [3.05, 3.63) is 51.7 Å². The van der Waals surface area contributed by atoms with Gasteiger partial charge in [0.25, 0.3) is 0 Å². The number of nitrogens with zero attached hydrogens (tertiary/aromatic N) is 5. The number of carbonyl (C=O) groups excluding carboxylic acids is 1. The highest BCUT2D eigenvalue weighted by molar-refractivity contribution is 7.12. The second kappa shape index (κ2) is 14.1. The lowest BCUT2D eigenvalue weighted by molar-refractivity contribution is -0.142. The second-order valence-electron chi connectivity index (χ2n) is 13.6. The van der Waals surface area contributed by atoms with Gasteiger partial charge in [0.1, 0.15) is 28.4 Å². The largest absolute Gasteiger partial charge is 0.487 e. The van der Waals surface area contributed by atoms with Gasteiger partial charge in [0.15, 0.2) is 5.78 Å². The van der Waals surface area contributed by atoms with Crippen molar-refractivity contribution < 1.29 is 37.3 Å². The van der Waals surface area contributed by atoms with Gasteiger partial charge in [-0.25, -0.2) is 15.0 Å². The summed E-state index contributed by atoms with van der Waals surface area (Å²) in [6, 6.07) is 4.06. The molecule has 0 spiro atoms. The van der Waals surface area contributed by atoms with Crippen LogP contribution < -0.4 is 9.64 Å². The fourth-order valence-corrected chi connectivity index (χ4v) is 7.82. The summed E-state index contributed by atoms with van der Waals surface area (Å²) in [7, 11) is 0. The van der Waals surface area contributed by atoms with Crippen molar-refractivity contribution in [1.82, 2.24) is 19.9 Å². The Morgan fingerprint density at radius 1 is 1.12 bits per heavy atom. The van der Waals surface area contributed by atoms with E-state index in [1.807, 2.05) is 4.90 Å². The number of alkyl halides is 3. The first-order valence-electron chi connectivity index (χ1n) is 16.3. The number of benzene rings is 1. The van der Waals surface area contributed by atoms with Crippen LogP contribution >= 0.6 is 11.3 Å². The minimum atomic E-state index is -4.65. The van der Waals surface area contributed by atoms with Crippen LogP contribution in [0.2, 0.25) is 0 Å². The van der Waals surface area contributed by atoms with E-state index in [2.05, 4.69) is 28.7 Å². The third kappa shape index (κ3) is 8.15. The molecule has 14 heteroatoms. The van der Waals surface area contributed by atoms with Crippen molar-refractivity contribution in [1.29, 1.82) is 0 Å². The summed E-state index contributed by atoms with van der Waals surface area (Å²) in [5.74, 6) is -1.13. The van der Waals surface area contributed by atoms with Gasteiger partial charge in [-0.2, -0.15) is 13.2 Å². The van der Waals surface area contributed by atoms with Crippen LogP contribution in [0, 0.1) is 11.3 Å². The highest BCUT2D eigenvalue weighted by Crippen LogP contribution is 2.41. The number of carboxylic acid groups (broad SMARTS) is 1. The number of carbonyl (C=O) groups is 2. The quantitative estimate of drug-likeness (QED) is 0.249. The van der Waals surface area contributed by atoms with Crippen LogP contribution in [-0.4, -0.2) is 82.2 Å². The summed E-state index contributed by atoms with van der Waals surface area (Å²) >= 11 is 1.34. The maximum absolute atomic E-state index is 14.3. The summed E-state index contributed by atoms with van der Waals surface area (Å²) in [4.78, 5) is 43.2. The molecule has 1 aromatic carbocycles. The third-order valence-electron chi connectivity index (χ3n) is 9.23. The molecule has 0 unspecified atom stereocenters. The molecule has 0 radical (unpaired) electrons. The predicted octanol–water partition coefficient (Wildman–Crippen LogP) is 6.14. The zero-order chi connectivity index (χ0) is 34.1. The topological polar surface area (TPSA) is 118 Å². The van der Waals surface area contributed by atoms with E-state index in [9.17, 15) is 27.9 Å². The number of ketones is 1. The number of Topliss-reactive ketones (excluding diaryl/α,β-unsaturated/α-hetero) is 1. The molecule has 5 heterocycles. The van der Waals surface area contributed by atoms with E-state index in [0.717, 1.165) is 36.9 Å². The lowest BCUT2D eigenvalue weighted by Crippen LogP contribution is -2.39. The summed E-state index contributed by atoms with van der Waals surface area (Å²) in [6.45, 7) is 8.42. The van der Waals surface area contributed by atoms with Gasteiger partial charge < -0.3 is 19.5 Å². The van der Waals surface area contributed by atoms with E-state index in [0.29, 0.717) is 67.6 Å². The minimum Gasteiger partial charge on any atom is -0.487 e. The molecule has 0 aliphatic carbocycles. The van der Waals surface area contributed by atoms with E-state index in [1.165, 1.54) is 29.8 Å². The molecule has 0 amide bonds. The van der Waals surface area contributed by atoms with Crippen LogP contribution in [0.1, 0.15) is 71.9 Å². The number of carboxylic acids is 1. The summed E-state index contributed by atoms with van der Waals surface area (Å²) in [5.41, 5.74) is 0.149. The van der Waals surface area contributed by atoms with Crippen LogP contribution in [0.4, 0.5) is 19.0 Å². The van der Waals surface area contributed by atoms with E-state index < -0.39 is 23.8 Å². The maximum atomic E-state index is 14.3. The number of likely N-dealkylation sites (tertiary alicyclic amines) is 1. The van der Waals surface area contributed by atoms with Gasteiger partial charge in [-0.05, 0) is 55.8 Å². The Morgan fingerprint density at radius 2 is 1.92 bits per heavy atom. The maximum Gasteiger partial charge on any atom is 0.419 e. The molecule has 0 bridgehead atoms. The van der Waals surface area contributed by atoms with Crippen molar-refractivity contribution in [2.24, 2.45) is 11.3 Å². The van der Waals surface area contributed by atoms with Crippen LogP contribution in [0.25, 0.3) is 11.3 Å². The summed E-state index contributed by atoms with van der Waals surface area (Å²) in [5, 5.41) is 9.74. The van der Waals surface area contributed by atoms with E-state index in [4.69, 9.17) is 14.5 Å². The molecule has 1 atom stereocenters. The Balaban J connectivity index is 1.24. The highest BCUT2D eigenvalue weighted by atomic mass is 32.1. The lowest BCUT2D eigenvalue weighted by Gasteiger charge is -2.37. The predicted molar refractivity (Wildman–Crippen MR) is 173 cm³/mol. The molecule has 3 aliphatic heterocycles. The average Bonchev–Trinajstić information content (AvgIpc) is 3.70. The van der Waals surface area contributed by atoms with Crippen molar-refractivity contribution in [3.8, 4) is 17.0 Å². The fraction of sp³-hybridized carbons (Fsp3) is 0.559. The monoisotopic (exact) mass is 687 g/mol. The minimum absolute atomic E-state index is 0.0732. The SMILES string of the molecule is CC1(C)CCCN(Cc2sc(CC(=O)c3cnc(N4CCC(C(=O)O)CC4)cn3)nc2-c2ccc(O[C@H]3CCOC3)c(C(F)(F)F)c2)C1. The van der Waals surface area contributed by atoms with Crippen LogP contribution in [0.15, 0.2) is 30.6 Å². The van der Waals surface area contributed by atoms with Crippen molar-refractivity contribution in [2.75, 3.05) is 44.3 Å². The van der Waals surface area contributed by atoms with Crippen LogP contribution in [0.5, 0.6) is 5.75 Å². The first-order chi connectivity index (χ1) is 22.8. The smallest absolute Gasteiger partial charge is 0.419 e. The van der Waals surface area contributed by atoms with E-state index >= 15 is 0 Å². The number of anilines is 1. The molecule has 1 N–H and O–H groups in total. The number of hydrogen-bond acceptors (Lipinski definition) is 10. The molecule has 258 valence electrons. The summed E-state index contributed by atoms with van der Waals surface area (Å²) < 4.78 is 53.9. The van der Waals surface area contributed by atoms with Gasteiger partial charge in [-0.15, -0.1) is 11.3 Å². The molecule has 3 aromatic rings. The Kier molecular flexibility index (Phi) is 10.0. The average molecular weight is 688 g/mol. The highest BCUT2D eigenvalue weighted by Gasteiger charge is 2.37. The number of ether oxygens (including phenoxy) is 2. The molecule has 10 nitrogen and oxygen atoms in total. The number of piperidine rings is 2. The third-order valence-corrected chi connectivity index (χ3v) is 10.3. The van der Waals surface area contributed by atoms with Crippen molar-refractivity contribution in [2.45, 2.75) is 71.2 Å². The van der Waals surface area contributed by atoms with E-state index in [-0.39, 0.29) is 41.6 Å². The molecule has 6 rings (SSSR count). The first-order valence-corrected chi connectivity index (χ1v) is 17.2. The van der Waals surface area contributed by atoms with Gasteiger partial charge >= 0.3 is 12.1 Å². The Morgan fingerprint density at radius 3 is 2.56 bits per heavy atom. The molecular formula is C34H40F3N5O5S. The van der Waals surface area contributed by atoms with Crippen LogP contribution in [-0.2, 0) is 28.7 Å². The molecule has 0 saturated carbocycles. The molecule has 2 aromatic heterocycles. The van der Waals surface area contributed by atoms with Gasteiger partial charge in [-0.3, -0.25) is 14.5 Å². The molecular weight excluding hydrogens is 647 g/mol. The number of aromatic nitrogens is 3. The second-order valence-corrected chi connectivity index (χ2v) is 14.8. The van der Waals surface area contributed by atoms with Gasteiger partial charge in [-0.1, -0.05) is 13.8 Å². The summed E-state index contributed by atoms with van der Waals surface area (Å²) in [6.07, 6.45) is 1.44. The molecule has 3 saturated heterocycles. The Labute approximate surface area is 281 Å². The van der Waals surface area contributed by atoms with E-state index in [1.54, 1.807) is 6.07 Å². The first kappa shape index (κ1) is 34.3. The normalized spacial score (nSPS) is 20.6. The van der Waals surface area contributed by atoms with Gasteiger partial charge in [0, 0.05) is 43.0 Å². The number of aliphatic carboxylic acids is 1. The van der Waals surface area contributed by atoms with Crippen molar-refractivity contribution in [3.63, 3.8) is 0 Å². The molecule has 3 aliphatic rings. The van der Waals surface area contributed by atoms with Crippen LogP contribution in [0.3, 0.4) is 0 Å². The molecule has 48 heavy (non-hydrogen) atoms. The number of halogens is 3. The number of rotatable bonds is 10. The Hall–Kier alpha value is -3.62. The standard InChI is InChI=1S/C34H40F3N5O5S/c1-33(2)9-3-10-41(20-33)18-28-31(22-4-5-27(24(14-22)34(35,36)37)47-23-8-13-46-19-23)40-30(48-28)15-26(43)25-16-39-29(17-38-25)42-11-6-21(7-12-42)32(44)45/h4-5,14,16-17,21,23H,3,6-13,15,18-20H2,1-2H3,(H,44,45)/t23-/m0/s1. The zero-order valence-electron chi connectivity index (χ0n) is 27.1. The Bertz CT molecular complexity index is 1620. The number of thiazole rings is 1. The van der Waals surface area contributed by atoms with Gasteiger partial charge in [0.2, 0.25) is 0 Å².